The van der Waals surface area contributed by atoms with E-state index in [1.165, 1.54) is 0 Å². The molecule has 0 unspecified atom stereocenters. The SMILES string of the molecule is Cn1c(=O)n(Cc2ccncc2)c2ccccc21. The first kappa shape index (κ1) is 10.8. The van der Waals surface area contributed by atoms with Crippen molar-refractivity contribution in [3.63, 3.8) is 0 Å². The van der Waals surface area contributed by atoms with E-state index in [0.717, 1.165) is 16.6 Å². The van der Waals surface area contributed by atoms with Crippen LogP contribution in [0.3, 0.4) is 0 Å². The zero-order valence-electron chi connectivity index (χ0n) is 10.1. The van der Waals surface area contributed by atoms with Gasteiger partial charge >= 0.3 is 5.69 Å². The highest BCUT2D eigenvalue weighted by Crippen LogP contribution is 2.12. The topological polar surface area (TPSA) is 39.8 Å². The zero-order chi connectivity index (χ0) is 12.5. The van der Waals surface area contributed by atoms with Crippen molar-refractivity contribution >= 4 is 11.0 Å². The summed E-state index contributed by atoms with van der Waals surface area (Å²) in [5.74, 6) is 0. The molecule has 0 spiro atoms. The van der Waals surface area contributed by atoms with Crippen LogP contribution in [0, 0.1) is 0 Å². The van der Waals surface area contributed by atoms with Crippen LogP contribution in [0.2, 0.25) is 0 Å². The molecule has 3 aromatic rings. The molecule has 90 valence electrons. The Balaban J connectivity index is 2.18. The van der Waals surface area contributed by atoms with Crippen molar-refractivity contribution in [3.8, 4) is 0 Å². The monoisotopic (exact) mass is 239 g/mol. The summed E-state index contributed by atoms with van der Waals surface area (Å²) in [6.07, 6.45) is 3.48. The Kier molecular flexibility index (Phi) is 2.48. The van der Waals surface area contributed by atoms with E-state index in [-0.39, 0.29) is 5.69 Å². The van der Waals surface area contributed by atoms with Crippen LogP contribution in [0.1, 0.15) is 5.56 Å². The molecule has 2 heterocycles. The Morgan fingerprint density at radius 2 is 1.72 bits per heavy atom. The summed E-state index contributed by atoms with van der Waals surface area (Å²) in [6.45, 7) is 0.572. The fraction of sp³-hybridized carbons (Fsp3) is 0.143. The van der Waals surface area contributed by atoms with Crippen LogP contribution in [-0.2, 0) is 13.6 Å². The van der Waals surface area contributed by atoms with Gasteiger partial charge in [-0.3, -0.25) is 14.1 Å². The first-order valence-corrected chi connectivity index (χ1v) is 5.80. The fourth-order valence-electron chi connectivity index (χ4n) is 2.19. The third kappa shape index (κ3) is 1.62. The molecule has 0 saturated carbocycles. The van der Waals surface area contributed by atoms with Gasteiger partial charge in [0, 0.05) is 19.4 Å². The Morgan fingerprint density at radius 1 is 1.06 bits per heavy atom. The summed E-state index contributed by atoms with van der Waals surface area (Å²) >= 11 is 0. The number of para-hydroxylation sites is 2. The predicted molar refractivity (Wildman–Crippen MR) is 70.5 cm³/mol. The fourth-order valence-corrected chi connectivity index (χ4v) is 2.19. The highest BCUT2D eigenvalue weighted by molar-refractivity contribution is 5.75. The smallest absolute Gasteiger partial charge is 0.295 e. The molecular weight excluding hydrogens is 226 g/mol. The average Bonchev–Trinajstić information content (AvgIpc) is 2.66. The molecule has 0 fully saturated rings. The number of benzene rings is 1. The molecular formula is C14H13N3O. The van der Waals surface area contributed by atoms with E-state index in [9.17, 15) is 4.79 Å². The molecule has 0 radical (unpaired) electrons. The van der Waals surface area contributed by atoms with E-state index in [0.29, 0.717) is 6.54 Å². The second kappa shape index (κ2) is 4.14. The molecule has 0 aliphatic rings. The number of hydrogen-bond donors (Lipinski definition) is 0. The first-order chi connectivity index (χ1) is 8.77. The van der Waals surface area contributed by atoms with E-state index in [4.69, 9.17) is 0 Å². The van der Waals surface area contributed by atoms with Crippen molar-refractivity contribution in [3.05, 3.63) is 64.8 Å². The van der Waals surface area contributed by atoms with Crippen LogP contribution >= 0.6 is 0 Å². The normalized spacial score (nSPS) is 10.9. The number of aryl methyl sites for hydroxylation is 1. The molecule has 0 amide bonds. The van der Waals surface area contributed by atoms with Gasteiger partial charge in [0.15, 0.2) is 0 Å². The summed E-state index contributed by atoms with van der Waals surface area (Å²) in [5.41, 5.74) is 3.00. The molecule has 0 saturated heterocycles. The van der Waals surface area contributed by atoms with E-state index >= 15 is 0 Å². The highest BCUT2D eigenvalue weighted by Gasteiger charge is 2.09. The summed E-state index contributed by atoms with van der Waals surface area (Å²) in [5, 5.41) is 0. The molecule has 18 heavy (non-hydrogen) atoms. The van der Waals surface area contributed by atoms with Crippen molar-refractivity contribution in [1.29, 1.82) is 0 Å². The molecule has 2 aromatic heterocycles. The van der Waals surface area contributed by atoms with Crippen LogP contribution in [0.4, 0.5) is 0 Å². The number of nitrogens with zero attached hydrogens (tertiary/aromatic N) is 3. The van der Waals surface area contributed by atoms with Gasteiger partial charge in [-0.05, 0) is 29.8 Å². The second-order valence-electron chi connectivity index (χ2n) is 4.27. The maximum atomic E-state index is 12.2. The summed E-state index contributed by atoms with van der Waals surface area (Å²) in [4.78, 5) is 16.2. The maximum Gasteiger partial charge on any atom is 0.329 e. The van der Waals surface area contributed by atoms with E-state index < -0.39 is 0 Å². The molecule has 0 atom stereocenters. The lowest BCUT2D eigenvalue weighted by Crippen LogP contribution is -2.22. The molecule has 4 nitrogen and oxygen atoms in total. The van der Waals surface area contributed by atoms with Crippen molar-refractivity contribution in [2.75, 3.05) is 0 Å². The van der Waals surface area contributed by atoms with Crippen molar-refractivity contribution in [1.82, 2.24) is 14.1 Å². The van der Waals surface area contributed by atoms with Crippen molar-refractivity contribution in [2.24, 2.45) is 7.05 Å². The number of imidazole rings is 1. The Hall–Kier alpha value is -2.36. The lowest BCUT2D eigenvalue weighted by molar-refractivity contribution is 0.735. The molecule has 3 rings (SSSR count). The van der Waals surface area contributed by atoms with Gasteiger partial charge in [0.25, 0.3) is 0 Å². The van der Waals surface area contributed by atoms with Gasteiger partial charge in [-0.25, -0.2) is 4.79 Å². The van der Waals surface area contributed by atoms with Crippen LogP contribution in [-0.4, -0.2) is 14.1 Å². The van der Waals surface area contributed by atoms with Crippen LogP contribution in [0.15, 0.2) is 53.6 Å². The van der Waals surface area contributed by atoms with Gasteiger partial charge in [-0.1, -0.05) is 12.1 Å². The van der Waals surface area contributed by atoms with Gasteiger partial charge in [-0.2, -0.15) is 0 Å². The largest absolute Gasteiger partial charge is 0.329 e. The standard InChI is InChI=1S/C14H13N3O/c1-16-12-4-2-3-5-13(12)17(14(16)18)10-11-6-8-15-9-7-11/h2-9H,10H2,1H3. The summed E-state index contributed by atoms with van der Waals surface area (Å²) in [6, 6.07) is 11.7. The predicted octanol–water partition coefficient (Wildman–Crippen LogP) is 1.78. The van der Waals surface area contributed by atoms with Crippen molar-refractivity contribution < 1.29 is 0 Å². The minimum atomic E-state index is 0.00742. The van der Waals surface area contributed by atoms with Gasteiger partial charge in [0.1, 0.15) is 0 Å². The molecule has 0 bridgehead atoms. The number of pyridine rings is 1. The zero-order valence-corrected chi connectivity index (χ0v) is 10.1. The molecule has 0 N–H and O–H groups in total. The minimum absolute atomic E-state index is 0.00742. The average molecular weight is 239 g/mol. The molecule has 1 aromatic carbocycles. The lowest BCUT2D eigenvalue weighted by atomic mass is 10.2. The molecule has 4 heteroatoms. The Bertz CT molecular complexity index is 741. The lowest BCUT2D eigenvalue weighted by Gasteiger charge is -2.02. The van der Waals surface area contributed by atoms with E-state index in [1.54, 1.807) is 28.6 Å². The second-order valence-corrected chi connectivity index (χ2v) is 4.27. The van der Waals surface area contributed by atoms with Crippen LogP contribution in [0.25, 0.3) is 11.0 Å². The maximum absolute atomic E-state index is 12.2. The quantitative estimate of drug-likeness (QED) is 0.684. The van der Waals surface area contributed by atoms with Crippen LogP contribution in [0.5, 0.6) is 0 Å². The van der Waals surface area contributed by atoms with Crippen LogP contribution < -0.4 is 5.69 Å². The van der Waals surface area contributed by atoms with Gasteiger partial charge in [0.05, 0.1) is 17.6 Å². The molecule has 0 aliphatic carbocycles. The summed E-state index contributed by atoms with van der Waals surface area (Å²) in [7, 11) is 1.80. The van der Waals surface area contributed by atoms with Gasteiger partial charge in [-0.15, -0.1) is 0 Å². The number of fused-ring (bicyclic) bond motifs is 1. The van der Waals surface area contributed by atoms with E-state index in [2.05, 4.69) is 4.98 Å². The summed E-state index contributed by atoms with van der Waals surface area (Å²) < 4.78 is 3.46. The Labute approximate surface area is 104 Å². The van der Waals surface area contributed by atoms with Gasteiger partial charge < -0.3 is 0 Å². The third-order valence-electron chi connectivity index (χ3n) is 3.14. The van der Waals surface area contributed by atoms with Crippen molar-refractivity contribution in [2.45, 2.75) is 6.54 Å². The van der Waals surface area contributed by atoms with Gasteiger partial charge in [0.2, 0.25) is 0 Å². The number of aromatic nitrogens is 3. The highest BCUT2D eigenvalue weighted by atomic mass is 16.1. The minimum Gasteiger partial charge on any atom is -0.295 e. The molecule has 0 aliphatic heterocycles. The first-order valence-electron chi connectivity index (χ1n) is 5.80. The number of rotatable bonds is 2. The number of hydrogen-bond acceptors (Lipinski definition) is 2. The third-order valence-corrected chi connectivity index (χ3v) is 3.14. The van der Waals surface area contributed by atoms with E-state index in [1.807, 2.05) is 36.4 Å². The Morgan fingerprint density at radius 3 is 2.44 bits per heavy atom.